The maximum Gasteiger partial charge on any atom is 0.346 e. The Kier molecular flexibility index (Phi) is 22.7. The molecule has 0 fully saturated rings. The lowest BCUT2D eigenvalue weighted by Gasteiger charge is -2.26. The van der Waals surface area contributed by atoms with Crippen LogP contribution in [-0.2, 0) is 35.2 Å². The van der Waals surface area contributed by atoms with Crippen molar-refractivity contribution < 1.29 is 28.7 Å². The number of aryl methyl sites for hydroxylation is 4. The quantitative estimate of drug-likeness (QED) is 0.0126. The van der Waals surface area contributed by atoms with Gasteiger partial charge in [-0.3, -0.25) is 0 Å². The lowest BCUT2D eigenvalue weighted by Crippen LogP contribution is -2.21. The van der Waals surface area contributed by atoms with E-state index in [0.29, 0.717) is 33.0 Å². The molecule has 0 saturated heterocycles. The minimum Gasteiger partial charge on any atom is -0.386 e. The maximum absolute atomic E-state index is 14.3. The number of hydrogen-bond acceptors (Lipinski definition) is 6. The number of ether oxygens (including phenoxy) is 2. The van der Waals surface area contributed by atoms with Crippen LogP contribution in [0, 0.1) is 0 Å². The molecule has 7 aromatic rings. The molecule has 6 nitrogen and oxygen atoms in total. The summed E-state index contributed by atoms with van der Waals surface area (Å²) in [4.78, 5) is 56.6. The summed E-state index contributed by atoms with van der Waals surface area (Å²) >= 11 is 0. The maximum atomic E-state index is 14.3. The summed E-state index contributed by atoms with van der Waals surface area (Å²) in [6.45, 7) is 9.09. The van der Waals surface area contributed by atoms with Gasteiger partial charge in [-0.25, -0.2) is 19.2 Å². The summed E-state index contributed by atoms with van der Waals surface area (Å²) in [5.74, 6) is -2.57. The zero-order valence-electron chi connectivity index (χ0n) is 50.8. The van der Waals surface area contributed by atoms with Crippen LogP contribution in [0.15, 0.2) is 72.8 Å². The standard InChI is InChI=1S/C76H96O6/c1-5-9-13-17-21-25-29-33-37-53-45-54(38-34-30-26-22-18-14-10-6-2)48-57(47-53)63-51-65-69-61(73(77)81-75(65)79)44-42-60-68-64(52-66-70-62(74(78)82-76(66)80)43-41-59(72(68)70)67(63)71(60)69)58-49-55(39-35-31-27-23-19-15-11-7-3)46-56(50-58)40-36-32-28-24-20-16-12-8-4/h41-52H,5-40H2,1-4H3. The van der Waals surface area contributed by atoms with E-state index in [1.807, 2.05) is 36.4 Å². The van der Waals surface area contributed by atoms with Gasteiger partial charge in [0.25, 0.3) is 0 Å². The van der Waals surface area contributed by atoms with Crippen molar-refractivity contribution in [2.75, 3.05) is 0 Å². The molecule has 0 unspecified atom stereocenters. The number of carbonyl (C=O) groups is 4. The van der Waals surface area contributed by atoms with Gasteiger partial charge in [-0.2, -0.15) is 0 Å². The Morgan fingerprint density at radius 3 is 0.780 bits per heavy atom. The minimum atomic E-state index is -0.647. The first-order valence-electron chi connectivity index (χ1n) is 33.3. The molecule has 6 heteroatoms. The number of esters is 4. The Morgan fingerprint density at radius 2 is 0.500 bits per heavy atom. The van der Waals surface area contributed by atoms with Crippen LogP contribution in [-0.4, -0.2) is 23.9 Å². The molecular formula is C76H96O6. The van der Waals surface area contributed by atoms with Gasteiger partial charge in [-0.15, -0.1) is 0 Å². The summed E-state index contributed by atoms with van der Waals surface area (Å²) in [5.41, 5.74) is 10.5. The van der Waals surface area contributed by atoms with Crippen LogP contribution in [0.5, 0.6) is 0 Å². The van der Waals surface area contributed by atoms with E-state index in [9.17, 15) is 19.2 Å². The average molecular weight is 1110 g/mol. The lowest BCUT2D eigenvalue weighted by atomic mass is 9.78. The van der Waals surface area contributed by atoms with Crippen LogP contribution in [0.4, 0.5) is 0 Å². The fourth-order valence-electron chi connectivity index (χ4n) is 13.9. The van der Waals surface area contributed by atoms with E-state index in [0.717, 1.165) is 106 Å². The fraction of sp³-hybridized carbons (Fsp3) is 0.526. The van der Waals surface area contributed by atoms with Crippen LogP contribution in [0.1, 0.15) is 297 Å². The number of fused-ring (bicyclic) bond motifs is 2. The topological polar surface area (TPSA) is 86.7 Å². The number of cyclic esters (lactones) is 4. The van der Waals surface area contributed by atoms with Crippen molar-refractivity contribution in [2.45, 2.75) is 259 Å². The molecule has 0 N–H and O–H groups in total. The Balaban J connectivity index is 1.20. The van der Waals surface area contributed by atoms with Gasteiger partial charge in [0.05, 0.1) is 22.3 Å². The second-order valence-corrected chi connectivity index (χ2v) is 24.8. The molecule has 0 aromatic heterocycles. The molecule has 2 heterocycles. The zero-order chi connectivity index (χ0) is 57.2. The molecule has 0 aliphatic carbocycles. The number of unbranched alkanes of at least 4 members (excludes halogenated alkanes) is 28. The molecular weight excluding hydrogens is 1010 g/mol. The first-order valence-corrected chi connectivity index (χ1v) is 33.3. The molecule has 2 aliphatic heterocycles. The molecule has 0 bridgehead atoms. The van der Waals surface area contributed by atoms with Crippen molar-refractivity contribution in [1.29, 1.82) is 0 Å². The van der Waals surface area contributed by atoms with Gasteiger partial charge < -0.3 is 9.47 Å². The van der Waals surface area contributed by atoms with E-state index < -0.39 is 23.9 Å². The Labute approximate surface area is 491 Å². The largest absolute Gasteiger partial charge is 0.386 e. The number of hydrogen-bond donors (Lipinski definition) is 0. The lowest BCUT2D eigenvalue weighted by molar-refractivity contribution is 0.0373. The number of carbonyl (C=O) groups excluding carboxylic acids is 4. The molecule has 0 radical (unpaired) electrons. The molecule has 436 valence electrons. The van der Waals surface area contributed by atoms with E-state index >= 15 is 0 Å². The third-order valence-electron chi connectivity index (χ3n) is 18.4. The van der Waals surface area contributed by atoms with E-state index in [1.54, 1.807) is 0 Å². The monoisotopic (exact) mass is 1100 g/mol. The Morgan fingerprint density at radius 1 is 0.244 bits per heavy atom. The van der Waals surface area contributed by atoms with Crippen LogP contribution in [0.25, 0.3) is 65.3 Å². The van der Waals surface area contributed by atoms with Crippen LogP contribution < -0.4 is 0 Å². The summed E-state index contributed by atoms with van der Waals surface area (Å²) in [5, 5.41) is 6.46. The zero-order valence-corrected chi connectivity index (χ0v) is 50.8. The van der Waals surface area contributed by atoms with Crippen molar-refractivity contribution >= 4 is 67.0 Å². The van der Waals surface area contributed by atoms with Crippen molar-refractivity contribution in [3.8, 4) is 22.3 Å². The molecule has 2 aliphatic rings. The van der Waals surface area contributed by atoms with Crippen molar-refractivity contribution in [3.63, 3.8) is 0 Å². The normalized spacial score (nSPS) is 13.2. The molecule has 0 amide bonds. The van der Waals surface area contributed by atoms with E-state index in [4.69, 9.17) is 9.47 Å². The Hall–Kier alpha value is -5.88. The summed E-state index contributed by atoms with van der Waals surface area (Å²) in [6.07, 6.45) is 43.9. The molecule has 0 atom stereocenters. The molecule has 82 heavy (non-hydrogen) atoms. The van der Waals surface area contributed by atoms with Gasteiger partial charge in [-0.05, 0) is 152 Å². The van der Waals surface area contributed by atoms with Gasteiger partial charge in [0.1, 0.15) is 0 Å². The van der Waals surface area contributed by atoms with Crippen molar-refractivity contribution in [1.82, 2.24) is 0 Å². The number of rotatable bonds is 38. The van der Waals surface area contributed by atoms with Crippen molar-refractivity contribution in [2.24, 2.45) is 0 Å². The van der Waals surface area contributed by atoms with E-state index in [2.05, 4.69) is 64.1 Å². The average Bonchev–Trinajstić information content (AvgIpc) is 1.19. The van der Waals surface area contributed by atoms with Gasteiger partial charge in [0.2, 0.25) is 0 Å². The van der Waals surface area contributed by atoms with E-state index in [-0.39, 0.29) is 0 Å². The van der Waals surface area contributed by atoms with Gasteiger partial charge in [0.15, 0.2) is 0 Å². The molecule has 0 saturated carbocycles. The van der Waals surface area contributed by atoms with Gasteiger partial charge in [-0.1, -0.05) is 256 Å². The highest BCUT2D eigenvalue weighted by atomic mass is 16.6. The highest BCUT2D eigenvalue weighted by Gasteiger charge is 2.35. The highest BCUT2D eigenvalue weighted by molar-refractivity contribution is 6.43. The van der Waals surface area contributed by atoms with E-state index in [1.165, 1.54) is 202 Å². The first kappa shape index (κ1) is 60.7. The second kappa shape index (κ2) is 30.6. The number of benzene rings is 7. The summed E-state index contributed by atoms with van der Waals surface area (Å²) in [7, 11) is 0. The predicted molar refractivity (Wildman–Crippen MR) is 343 cm³/mol. The summed E-state index contributed by atoms with van der Waals surface area (Å²) < 4.78 is 11.2. The van der Waals surface area contributed by atoms with Crippen LogP contribution in [0.3, 0.4) is 0 Å². The van der Waals surface area contributed by atoms with Gasteiger partial charge in [0, 0.05) is 10.8 Å². The predicted octanol–water partition coefficient (Wildman–Crippen LogP) is 22.4. The first-order chi connectivity index (χ1) is 40.2. The third kappa shape index (κ3) is 14.7. The Bertz CT molecular complexity index is 3010. The molecule has 9 rings (SSSR count). The SMILES string of the molecule is CCCCCCCCCCc1cc(CCCCCCCCCC)cc(-c2cc3c4c(ccc5c6c(-c7cc(CCCCCCCCCC)cc(CCCCCCCCCC)c7)cc7c8c(ccc(c2c45)c86)C(=O)OC7=O)C(=O)OC3=O)c1. The molecule has 7 aromatic carbocycles. The van der Waals surface area contributed by atoms with Gasteiger partial charge >= 0.3 is 23.9 Å². The fourth-order valence-corrected chi connectivity index (χ4v) is 13.9. The van der Waals surface area contributed by atoms with Crippen LogP contribution >= 0.6 is 0 Å². The van der Waals surface area contributed by atoms with Crippen LogP contribution in [0.2, 0.25) is 0 Å². The highest BCUT2D eigenvalue weighted by Crippen LogP contribution is 2.52. The van der Waals surface area contributed by atoms with Crippen molar-refractivity contribution in [3.05, 3.63) is 117 Å². The summed E-state index contributed by atoms with van der Waals surface area (Å²) in [6, 6.07) is 25.9. The smallest absolute Gasteiger partial charge is 0.346 e. The third-order valence-corrected chi connectivity index (χ3v) is 18.4. The second-order valence-electron chi connectivity index (χ2n) is 24.8. The molecule has 0 spiro atoms. The minimum absolute atomic E-state index is 0.370.